The van der Waals surface area contributed by atoms with Gasteiger partial charge in [0.15, 0.2) is 0 Å². The van der Waals surface area contributed by atoms with Gasteiger partial charge < -0.3 is 10.2 Å². The van der Waals surface area contributed by atoms with Crippen molar-refractivity contribution in [2.75, 3.05) is 32.7 Å². The van der Waals surface area contributed by atoms with E-state index in [1.54, 1.807) is 0 Å². The molecular formula is C16H24N2. The van der Waals surface area contributed by atoms with Gasteiger partial charge in [0.25, 0.3) is 0 Å². The fourth-order valence-electron chi connectivity index (χ4n) is 2.50. The van der Waals surface area contributed by atoms with E-state index in [0.717, 1.165) is 19.0 Å². The van der Waals surface area contributed by atoms with Crippen LogP contribution in [0.2, 0.25) is 0 Å². The molecule has 1 saturated heterocycles. The molecule has 98 valence electrons. The van der Waals surface area contributed by atoms with E-state index in [4.69, 9.17) is 0 Å². The van der Waals surface area contributed by atoms with Crippen LogP contribution in [-0.2, 0) is 0 Å². The second kappa shape index (κ2) is 7.34. The number of likely N-dealkylation sites (tertiary alicyclic amines) is 1. The van der Waals surface area contributed by atoms with Crippen molar-refractivity contribution in [1.82, 2.24) is 10.2 Å². The summed E-state index contributed by atoms with van der Waals surface area (Å²) in [6, 6.07) is 10.5. The van der Waals surface area contributed by atoms with Crippen LogP contribution in [0.5, 0.6) is 0 Å². The predicted molar refractivity (Wildman–Crippen MR) is 78.6 cm³/mol. The number of benzene rings is 1. The number of rotatable bonds is 6. The molecule has 1 fully saturated rings. The van der Waals surface area contributed by atoms with Gasteiger partial charge in [-0.1, -0.05) is 49.4 Å². The quantitative estimate of drug-likeness (QED) is 0.774. The van der Waals surface area contributed by atoms with Gasteiger partial charge in [-0.25, -0.2) is 0 Å². The smallest absolute Gasteiger partial charge is 0.0138 e. The Morgan fingerprint density at radius 2 is 2.17 bits per heavy atom. The Bertz CT molecular complexity index is 359. The lowest BCUT2D eigenvalue weighted by Gasteiger charge is -2.13. The van der Waals surface area contributed by atoms with E-state index < -0.39 is 0 Å². The molecule has 1 N–H and O–H groups in total. The molecule has 0 bridgehead atoms. The van der Waals surface area contributed by atoms with Gasteiger partial charge in [0, 0.05) is 13.1 Å². The van der Waals surface area contributed by atoms with Crippen LogP contribution >= 0.6 is 0 Å². The molecular weight excluding hydrogens is 220 g/mol. The van der Waals surface area contributed by atoms with Gasteiger partial charge in [0.2, 0.25) is 0 Å². The summed E-state index contributed by atoms with van der Waals surface area (Å²) in [6.07, 6.45) is 5.74. The average molecular weight is 244 g/mol. The first-order chi connectivity index (χ1) is 8.88. The minimum Gasteiger partial charge on any atom is -0.313 e. The van der Waals surface area contributed by atoms with Gasteiger partial charge >= 0.3 is 0 Å². The topological polar surface area (TPSA) is 15.3 Å². The van der Waals surface area contributed by atoms with E-state index in [-0.39, 0.29) is 0 Å². The Labute approximate surface area is 111 Å². The molecule has 2 nitrogen and oxygen atoms in total. The SMILES string of the molecule is CCN1CCC(CNCC=Cc2ccccc2)C1. The maximum absolute atomic E-state index is 3.53. The zero-order valence-electron chi connectivity index (χ0n) is 11.3. The van der Waals surface area contributed by atoms with E-state index in [0.29, 0.717) is 0 Å². The molecule has 0 amide bonds. The zero-order valence-corrected chi connectivity index (χ0v) is 11.3. The lowest BCUT2D eigenvalue weighted by molar-refractivity contribution is 0.340. The second-order valence-electron chi connectivity index (χ2n) is 5.02. The third-order valence-electron chi connectivity index (χ3n) is 3.62. The average Bonchev–Trinajstić information content (AvgIpc) is 2.87. The molecule has 18 heavy (non-hydrogen) atoms. The number of hydrogen-bond acceptors (Lipinski definition) is 2. The van der Waals surface area contributed by atoms with Gasteiger partial charge in [0.05, 0.1) is 0 Å². The summed E-state index contributed by atoms with van der Waals surface area (Å²) < 4.78 is 0. The van der Waals surface area contributed by atoms with E-state index in [9.17, 15) is 0 Å². The fraction of sp³-hybridized carbons (Fsp3) is 0.500. The maximum atomic E-state index is 3.53. The molecule has 2 rings (SSSR count). The van der Waals surface area contributed by atoms with Gasteiger partial charge in [-0.2, -0.15) is 0 Å². The first kappa shape index (κ1) is 13.3. The van der Waals surface area contributed by atoms with Crippen LogP contribution in [0, 0.1) is 5.92 Å². The van der Waals surface area contributed by atoms with Crippen LogP contribution in [0.15, 0.2) is 36.4 Å². The van der Waals surface area contributed by atoms with Crippen molar-refractivity contribution in [3.05, 3.63) is 42.0 Å². The lowest BCUT2D eigenvalue weighted by atomic mass is 10.1. The maximum Gasteiger partial charge on any atom is 0.0138 e. The number of hydrogen-bond donors (Lipinski definition) is 1. The van der Waals surface area contributed by atoms with Crippen molar-refractivity contribution >= 4 is 6.08 Å². The van der Waals surface area contributed by atoms with Crippen molar-refractivity contribution in [2.45, 2.75) is 13.3 Å². The Balaban J connectivity index is 1.60. The molecule has 0 aromatic heterocycles. The summed E-state index contributed by atoms with van der Waals surface area (Å²) in [4.78, 5) is 2.53. The van der Waals surface area contributed by atoms with Crippen molar-refractivity contribution in [1.29, 1.82) is 0 Å². The molecule has 0 aliphatic carbocycles. The van der Waals surface area contributed by atoms with E-state index in [1.165, 1.54) is 31.6 Å². The second-order valence-corrected chi connectivity index (χ2v) is 5.02. The Hall–Kier alpha value is -1.12. The highest BCUT2D eigenvalue weighted by atomic mass is 15.1. The molecule has 1 aromatic rings. The molecule has 0 radical (unpaired) electrons. The Morgan fingerprint density at radius 3 is 2.89 bits per heavy atom. The Kier molecular flexibility index (Phi) is 5.43. The molecule has 1 aromatic carbocycles. The largest absolute Gasteiger partial charge is 0.313 e. The normalized spacial score (nSPS) is 20.8. The van der Waals surface area contributed by atoms with E-state index in [2.05, 4.69) is 59.6 Å². The minimum atomic E-state index is 0.843. The van der Waals surface area contributed by atoms with Crippen LogP contribution in [0.1, 0.15) is 18.9 Å². The summed E-state index contributed by atoms with van der Waals surface area (Å²) in [5.74, 6) is 0.843. The monoisotopic (exact) mass is 244 g/mol. The van der Waals surface area contributed by atoms with Crippen LogP contribution in [0.25, 0.3) is 6.08 Å². The molecule has 1 atom stereocenters. The summed E-state index contributed by atoms with van der Waals surface area (Å²) in [7, 11) is 0. The van der Waals surface area contributed by atoms with Crippen molar-refractivity contribution in [3.63, 3.8) is 0 Å². The van der Waals surface area contributed by atoms with Gasteiger partial charge in [0.1, 0.15) is 0 Å². The molecule has 0 saturated carbocycles. The molecule has 1 aliphatic heterocycles. The predicted octanol–water partition coefficient (Wildman–Crippen LogP) is 2.63. The minimum absolute atomic E-state index is 0.843. The van der Waals surface area contributed by atoms with Gasteiger partial charge in [-0.15, -0.1) is 0 Å². The van der Waals surface area contributed by atoms with Crippen LogP contribution in [-0.4, -0.2) is 37.6 Å². The third-order valence-corrected chi connectivity index (χ3v) is 3.62. The van der Waals surface area contributed by atoms with Crippen molar-refractivity contribution < 1.29 is 0 Å². The molecule has 1 aliphatic rings. The van der Waals surface area contributed by atoms with Gasteiger partial charge in [-0.3, -0.25) is 0 Å². The first-order valence-corrected chi connectivity index (χ1v) is 7.03. The molecule has 1 heterocycles. The van der Waals surface area contributed by atoms with E-state index in [1.807, 2.05) is 0 Å². The van der Waals surface area contributed by atoms with Crippen LogP contribution in [0.3, 0.4) is 0 Å². The summed E-state index contributed by atoms with van der Waals surface area (Å²) in [5.41, 5.74) is 1.28. The zero-order chi connectivity index (χ0) is 12.6. The summed E-state index contributed by atoms with van der Waals surface area (Å²) in [6.45, 7) is 8.12. The van der Waals surface area contributed by atoms with Crippen molar-refractivity contribution in [2.24, 2.45) is 5.92 Å². The number of nitrogens with one attached hydrogen (secondary N) is 1. The fourth-order valence-corrected chi connectivity index (χ4v) is 2.50. The third kappa shape index (κ3) is 4.28. The van der Waals surface area contributed by atoms with Crippen molar-refractivity contribution in [3.8, 4) is 0 Å². The van der Waals surface area contributed by atoms with E-state index >= 15 is 0 Å². The van der Waals surface area contributed by atoms with Crippen LogP contribution < -0.4 is 5.32 Å². The highest BCUT2D eigenvalue weighted by Crippen LogP contribution is 2.14. The van der Waals surface area contributed by atoms with Crippen LogP contribution in [0.4, 0.5) is 0 Å². The Morgan fingerprint density at radius 1 is 1.33 bits per heavy atom. The van der Waals surface area contributed by atoms with Gasteiger partial charge in [-0.05, 0) is 37.5 Å². The summed E-state index contributed by atoms with van der Waals surface area (Å²) in [5, 5.41) is 3.53. The first-order valence-electron chi connectivity index (χ1n) is 7.03. The number of nitrogens with zero attached hydrogens (tertiary/aromatic N) is 1. The highest BCUT2D eigenvalue weighted by molar-refractivity contribution is 5.48. The summed E-state index contributed by atoms with van der Waals surface area (Å²) >= 11 is 0. The molecule has 2 heteroatoms. The standard InChI is InChI=1S/C16H24N2/c1-2-18-12-10-16(14-18)13-17-11-6-9-15-7-4-3-5-8-15/h3-9,16-17H,2,10-14H2,1H3. The highest BCUT2D eigenvalue weighted by Gasteiger charge is 2.19. The molecule has 1 unspecified atom stereocenters. The molecule has 0 spiro atoms. The lowest BCUT2D eigenvalue weighted by Crippen LogP contribution is -2.26.